The second-order valence-corrected chi connectivity index (χ2v) is 2.93. The van der Waals surface area contributed by atoms with Gasteiger partial charge in [0.15, 0.2) is 0 Å². The molecule has 0 bridgehead atoms. The number of hydrogen-bond donors (Lipinski definition) is 0. The van der Waals surface area contributed by atoms with Crippen molar-refractivity contribution in [3.05, 3.63) is 29.4 Å². The van der Waals surface area contributed by atoms with Gasteiger partial charge in [-0.3, -0.25) is 9.97 Å². The summed E-state index contributed by atoms with van der Waals surface area (Å²) < 4.78 is 0. The fourth-order valence-corrected chi connectivity index (χ4v) is 0.907. The molecule has 0 unspecified atom stereocenters. The van der Waals surface area contributed by atoms with Crippen LogP contribution in [0.15, 0.2) is 18.0 Å². The molecule has 0 fully saturated rings. The quantitative estimate of drug-likeness (QED) is 0.668. The summed E-state index contributed by atoms with van der Waals surface area (Å²) in [5.41, 5.74) is 3.25. The van der Waals surface area contributed by atoms with Crippen LogP contribution in [0, 0.1) is 6.92 Å². The normalized spacial score (nSPS) is 11.8. The molecule has 2 heteroatoms. The largest absolute Gasteiger partial charge is 0.261 e. The summed E-state index contributed by atoms with van der Waals surface area (Å²) in [5.74, 6) is 0. The third kappa shape index (κ3) is 2.46. The lowest BCUT2D eigenvalue weighted by Crippen LogP contribution is -1.87. The van der Waals surface area contributed by atoms with Crippen molar-refractivity contribution in [2.45, 2.75) is 27.2 Å². The Morgan fingerprint density at radius 1 is 1.50 bits per heavy atom. The maximum atomic E-state index is 4.32. The number of hydrogen-bond acceptors (Lipinski definition) is 2. The molecule has 0 saturated carbocycles. The van der Waals surface area contributed by atoms with E-state index in [1.165, 1.54) is 5.57 Å². The maximum absolute atomic E-state index is 4.32. The molecule has 12 heavy (non-hydrogen) atoms. The number of aromatic nitrogens is 2. The van der Waals surface area contributed by atoms with Crippen molar-refractivity contribution >= 4 is 6.08 Å². The molecule has 1 rings (SSSR count). The first-order chi connectivity index (χ1) is 5.72. The molecule has 0 amide bonds. The third-order valence-corrected chi connectivity index (χ3v) is 1.73. The van der Waals surface area contributed by atoms with E-state index in [0.29, 0.717) is 0 Å². The Hall–Kier alpha value is -1.18. The number of nitrogens with zero attached hydrogens (tertiary/aromatic N) is 2. The van der Waals surface area contributed by atoms with Gasteiger partial charge in [0.1, 0.15) is 0 Å². The summed E-state index contributed by atoms with van der Waals surface area (Å²) in [6.45, 7) is 6.19. The average molecular weight is 162 g/mol. The van der Waals surface area contributed by atoms with Gasteiger partial charge in [0.2, 0.25) is 0 Å². The van der Waals surface area contributed by atoms with Crippen LogP contribution in [0.5, 0.6) is 0 Å². The maximum Gasteiger partial charge on any atom is 0.0815 e. The smallest absolute Gasteiger partial charge is 0.0815 e. The van der Waals surface area contributed by atoms with Crippen LogP contribution in [-0.4, -0.2) is 9.97 Å². The van der Waals surface area contributed by atoms with Gasteiger partial charge in [-0.05, 0) is 26.3 Å². The number of rotatable bonds is 2. The van der Waals surface area contributed by atoms with Gasteiger partial charge in [0.05, 0.1) is 17.6 Å². The van der Waals surface area contributed by atoms with Gasteiger partial charge in [-0.2, -0.15) is 0 Å². The second kappa shape index (κ2) is 4.00. The molecule has 0 aliphatic carbocycles. The zero-order valence-corrected chi connectivity index (χ0v) is 7.83. The Labute approximate surface area is 73.4 Å². The van der Waals surface area contributed by atoms with Gasteiger partial charge in [-0.1, -0.05) is 12.5 Å². The van der Waals surface area contributed by atoms with Crippen LogP contribution in [0.25, 0.3) is 6.08 Å². The van der Waals surface area contributed by atoms with Crippen LogP contribution in [-0.2, 0) is 0 Å². The van der Waals surface area contributed by atoms with Crippen molar-refractivity contribution in [3.63, 3.8) is 0 Å². The third-order valence-electron chi connectivity index (χ3n) is 1.73. The molecule has 1 aromatic heterocycles. The van der Waals surface area contributed by atoms with Gasteiger partial charge in [0, 0.05) is 6.20 Å². The Balaban J connectivity index is 2.89. The van der Waals surface area contributed by atoms with Crippen LogP contribution in [0.3, 0.4) is 0 Å². The highest BCUT2D eigenvalue weighted by atomic mass is 14.8. The van der Waals surface area contributed by atoms with Crippen molar-refractivity contribution < 1.29 is 0 Å². The highest BCUT2D eigenvalue weighted by Gasteiger charge is 1.91. The van der Waals surface area contributed by atoms with Crippen LogP contribution >= 0.6 is 0 Å². The summed E-state index contributed by atoms with van der Waals surface area (Å²) in [7, 11) is 0. The fraction of sp³-hybridized carbons (Fsp3) is 0.400. The van der Waals surface area contributed by atoms with Gasteiger partial charge in [0.25, 0.3) is 0 Å². The van der Waals surface area contributed by atoms with Crippen LogP contribution in [0.4, 0.5) is 0 Å². The molecule has 0 aliphatic heterocycles. The lowest BCUT2D eigenvalue weighted by atomic mass is 10.2. The molecule has 0 spiro atoms. The minimum absolute atomic E-state index is 0.953. The predicted molar refractivity (Wildman–Crippen MR) is 50.7 cm³/mol. The monoisotopic (exact) mass is 162 g/mol. The van der Waals surface area contributed by atoms with Crippen LogP contribution in [0.1, 0.15) is 31.7 Å². The van der Waals surface area contributed by atoms with Gasteiger partial charge in [-0.25, -0.2) is 0 Å². The van der Waals surface area contributed by atoms with E-state index in [1.807, 2.05) is 6.92 Å². The molecule has 0 atom stereocenters. The fourth-order valence-electron chi connectivity index (χ4n) is 0.907. The summed E-state index contributed by atoms with van der Waals surface area (Å²) in [4.78, 5) is 8.39. The first-order valence-electron chi connectivity index (χ1n) is 4.18. The van der Waals surface area contributed by atoms with E-state index >= 15 is 0 Å². The molecule has 0 N–H and O–H groups in total. The lowest BCUT2D eigenvalue weighted by molar-refractivity contribution is 1.08. The Bertz CT molecular complexity index is 290. The topological polar surface area (TPSA) is 25.8 Å². The van der Waals surface area contributed by atoms with E-state index in [2.05, 4.69) is 29.9 Å². The minimum Gasteiger partial charge on any atom is -0.261 e. The molecule has 0 aliphatic rings. The standard InChI is InChI=1S/C10H14N2/c1-4-8(2)5-10-7-11-6-9(3)12-10/h5-7H,4H2,1-3H3. The van der Waals surface area contributed by atoms with Crippen molar-refractivity contribution in [3.8, 4) is 0 Å². The van der Waals surface area contributed by atoms with E-state index in [0.717, 1.165) is 17.8 Å². The van der Waals surface area contributed by atoms with E-state index in [4.69, 9.17) is 0 Å². The van der Waals surface area contributed by atoms with Crippen molar-refractivity contribution in [1.82, 2.24) is 9.97 Å². The molecule has 2 nitrogen and oxygen atoms in total. The molecular formula is C10H14N2. The minimum atomic E-state index is 0.953. The van der Waals surface area contributed by atoms with Gasteiger partial charge in [-0.15, -0.1) is 0 Å². The molecular weight excluding hydrogens is 148 g/mol. The van der Waals surface area contributed by atoms with Crippen molar-refractivity contribution in [2.75, 3.05) is 0 Å². The van der Waals surface area contributed by atoms with E-state index < -0.39 is 0 Å². The molecule has 1 heterocycles. The summed E-state index contributed by atoms with van der Waals surface area (Å²) >= 11 is 0. The second-order valence-electron chi connectivity index (χ2n) is 2.93. The zero-order valence-electron chi connectivity index (χ0n) is 7.83. The number of allylic oxidation sites excluding steroid dienone is 1. The van der Waals surface area contributed by atoms with Gasteiger partial charge < -0.3 is 0 Å². The molecule has 1 aromatic rings. The van der Waals surface area contributed by atoms with E-state index in [9.17, 15) is 0 Å². The molecule has 0 aromatic carbocycles. The Morgan fingerprint density at radius 2 is 2.25 bits per heavy atom. The first kappa shape index (κ1) is 8.91. The SMILES string of the molecule is CCC(C)=Cc1cncc(C)n1. The van der Waals surface area contributed by atoms with Crippen LogP contribution in [0.2, 0.25) is 0 Å². The zero-order chi connectivity index (χ0) is 8.97. The average Bonchev–Trinajstić information content (AvgIpc) is 2.04. The molecule has 64 valence electrons. The van der Waals surface area contributed by atoms with Crippen LogP contribution < -0.4 is 0 Å². The molecule has 0 saturated heterocycles. The van der Waals surface area contributed by atoms with Crippen molar-refractivity contribution in [1.29, 1.82) is 0 Å². The molecule has 0 radical (unpaired) electrons. The Kier molecular flexibility index (Phi) is 2.97. The first-order valence-corrected chi connectivity index (χ1v) is 4.18. The van der Waals surface area contributed by atoms with E-state index in [1.54, 1.807) is 12.4 Å². The lowest BCUT2D eigenvalue weighted by Gasteiger charge is -1.96. The highest BCUT2D eigenvalue weighted by molar-refractivity contribution is 5.46. The summed E-state index contributed by atoms with van der Waals surface area (Å²) in [6, 6.07) is 0. The summed E-state index contributed by atoms with van der Waals surface area (Å²) in [6.07, 6.45) is 6.68. The summed E-state index contributed by atoms with van der Waals surface area (Å²) in [5, 5.41) is 0. The van der Waals surface area contributed by atoms with E-state index in [-0.39, 0.29) is 0 Å². The number of aryl methyl sites for hydroxylation is 1. The Morgan fingerprint density at radius 3 is 2.83 bits per heavy atom. The van der Waals surface area contributed by atoms with Gasteiger partial charge >= 0.3 is 0 Å². The van der Waals surface area contributed by atoms with Crippen molar-refractivity contribution in [2.24, 2.45) is 0 Å². The predicted octanol–water partition coefficient (Wildman–Crippen LogP) is 2.60. The highest BCUT2D eigenvalue weighted by Crippen LogP contribution is 2.05.